The zero-order chi connectivity index (χ0) is 18.4. The lowest BCUT2D eigenvalue weighted by Crippen LogP contribution is -2.30. The summed E-state index contributed by atoms with van der Waals surface area (Å²) >= 11 is 0. The lowest BCUT2D eigenvalue weighted by atomic mass is 10.00. The van der Waals surface area contributed by atoms with Gasteiger partial charge < -0.3 is 14.5 Å². The first-order valence-electron chi connectivity index (χ1n) is 8.57. The summed E-state index contributed by atoms with van der Waals surface area (Å²) in [5.41, 5.74) is 2.40. The van der Waals surface area contributed by atoms with Crippen LogP contribution in [0.2, 0.25) is 0 Å². The minimum absolute atomic E-state index is 0.0338. The standard InChI is InChI=1S/C20H22N2O4/c1-2-8-21-20(24)14-26-19-13-25-17(10-18(19)23)12-22-9-7-15-5-3-4-6-16(15)11-22/h2-6,10,13H,1,7-9,11-12,14H2,(H,21,24). The fourth-order valence-electron chi connectivity index (χ4n) is 2.92. The zero-order valence-corrected chi connectivity index (χ0v) is 14.6. The van der Waals surface area contributed by atoms with Crippen LogP contribution in [0.5, 0.6) is 5.75 Å². The van der Waals surface area contributed by atoms with Crippen LogP contribution in [0.15, 0.2) is 58.5 Å². The smallest absolute Gasteiger partial charge is 0.258 e. The van der Waals surface area contributed by atoms with Gasteiger partial charge in [0.1, 0.15) is 12.0 Å². The monoisotopic (exact) mass is 354 g/mol. The summed E-state index contributed by atoms with van der Waals surface area (Å²) in [6.07, 6.45) is 3.83. The highest BCUT2D eigenvalue weighted by Gasteiger charge is 2.17. The topological polar surface area (TPSA) is 71.8 Å². The summed E-state index contributed by atoms with van der Waals surface area (Å²) in [5, 5.41) is 2.57. The lowest BCUT2D eigenvalue weighted by molar-refractivity contribution is -0.122. The van der Waals surface area contributed by atoms with E-state index in [1.807, 2.05) is 6.07 Å². The molecule has 0 aliphatic carbocycles. The molecule has 6 heteroatoms. The molecule has 1 amide bonds. The van der Waals surface area contributed by atoms with Crippen LogP contribution in [0.3, 0.4) is 0 Å². The van der Waals surface area contributed by atoms with Gasteiger partial charge in [0.2, 0.25) is 11.2 Å². The predicted octanol–water partition coefficient (Wildman–Crippen LogP) is 1.88. The van der Waals surface area contributed by atoms with E-state index in [2.05, 4.69) is 35.0 Å². The van der Waals surface area contributed by atoms with Crippen LogP contribution in [-0.4, -0.2) is 30.5 Å². The number of hydrogen-bond donors (Lipinski definition) is 1. The highest BCUT2D eigenvalue weighted by Crippen LogP contribution is 2.20. The average Bonchev–Trinajstić information content (AvgIpc) is 2.65. The van der Waals surface area contributed by atoms with Crippen molar-refractivity contribution in [2.75, 3.05) is 19.7 Å². The Hall–Kier alpha value is -2.86. The van der Waals surface area contributed by atoms with E-state index in [0.717, 1.165) is 19.5 Å². The van der Waals surface area contributed by atoms with Gasteiger partial charge in [-0.25, -0.2) is 0 Å². The molecule has 0 atom stereocenters. The molecule has 1 aliphatic rings. The van der Waals surface area contributed by atoms with E-state index in [-0.39, 0.29) is 23.7 Å². The number of rotatable bonds is 7. The van der Waals surface area contributed by atoms with Crippen LogP contribution in [0.4, 0.5) is 0 Å². The van der Waals surface area contributed by atoms with Gasteiger partial charge in [-0.1, -0.05) is 30.3 Å². The molecule has 1 aliphatic heterocycles. The molecule has 136 valence electrons. The van der Waals surface area contributed by atoms with Gasteiger partial charge in [-0.15, -0.1) is 6.58 Å². The number of fused-ring (bicyclic) bond motifs is 1. The molecule has 6 nitrogen and oxygen atoms in total. The second kappa shape index (κ2) is 8.49. The summed E-state index contributed by atoms with van der Waals surface area (Å²) in [4.78, 5) is 25.9. The minimum atomic E-state index is -0.319. The lowest BCUT2D eigenvalue weighted by Gasteiger charge is -2.28. The highest BCUT2D eigenvalue weighted by molar-refractivity contribution is 5.77. The third-order valence-electron chi connectivity index (χ3n) is 4.24. The number of carbonyl (C=O) groups is 1. The van der Waals surface area contributed by atoms with Crippen LogP contribution in [0, 0.1) is 0 Å². The summed E-state index contributed by atoms with van der Waals surface area (Å²) < 4.78 is 10.7. The molecule has 26 heavy (non-hydrogen) atoms. The fourth-order valence-corrected chi connectivity index (χ4v) is 2.92. The van der Waals surface area contributed by atoms with Gasteiger partial charge in [0, 0.05) is 25.7 Å². The van der Waals surface area contributed by atoms with Crippen molar-refractivity contribution in [1.82, 2.24) is 10.2 Å². The van der Waals surface area contributed by atoms with Crippen molar-refractivity contribution in [3.63, 3.8) is 0 Å². The van der Waals surface area contributed by atoms with Gasteiger partial charge in [-0.05, 0) is 17.5 Å². The Morgan fingerprint density at radius 1 is 1.35 bits per heavy atom. The summed E-state index contributed by atoms with van der Waals surface area (Å²) in [7, 11) is 0. The van der Waals surface area contributed by atoms with Gasteiger partial charge in [-0.2, -0.15) is 0 Å². The van der Waals surface area contributed by atoms with Crippen molar-refractivity contribution in [3.05, 3.63) is 76.4 Å². The molecule has 0 saturated carbocycles. The molecule has 2 aromatic rings. The number of amides is 1. The molecule has 0 saturated heterocycles. The second-order valence-corrected chi connectivity index (χ2v) is 6.19. The van der Waals surface area contributed by atoms with Crippen LogP contribution in [0.25, 0.3) is 0 Å². The van der Waals surface area contributed by atoms with Crippen molar-refractivity contribution in [1.29, 1.82) is 0 Å². The normalized spacial score (nSPS) is 13.7. The molecular formula is C20H22N2O4. The molecule has 2 heterocycles. The van der Waals surface area contributed by atoms with E-state index in [4.69, 9.17) is 9.15 Å². The Bertz CT molecular complexity index is 844. The maximum absolute atomic E-state index is 12.2. The van der Waals surface area contributed by atoms with Crippen molar-refractivity contribution in [3.8, 4) is 5.75 Å². The Labute approximate surface area is 152 Å². The van der Waals surface area contributed by atoms with Gasteiger partial charge in [0.25, 0.3) is 5.91 Å². The largest absolute Gasteiger partial charge is 0.477 e. The first kappa shape index (κ1) is 17.9. The molecule has 3 rings (SSSR count). The van der Waals surface area contributed by atoms with E-state index < -0.39 is 0 Å². The Kier molecular flexibility index (Phi) is 5.86. The summed E-state index contributed by atoms with van der Waals surface area (Å²) in [6, 6.07) is 9.82. The molecule has 1 aromatic carbocycles. The van der Waals surface area contributed by atoms with Crippen molar-refractivity contribution in [2.45, 2.75) is 19.5 Å². The summed E-state index contributed by atoms with van der Waals surface area (Å²) in [6.45, 7) is 5.94. The quantitative estimate of drug-likeness (QED) is 0.769. The Morgan fingerprint density at radius 3 is 2.92 bits per heavy atom. The molecule has 0 spiro atoms. The predicted molar refractivity (Wildman–Crippen MR) is 97.9 cm³/mol. The third-order valence-corrected chi connectivity index (χ3v) is 4.24. The minimum Gasteiger partial charge on any atom is -0.477 e. The number of hydrogen-bond acceptors (Lipinski definition) is 5. The van der Waals surface area contributed by atoms with Crippen LogP contribution < -0.4 is 15.5 Å². The van der Waals surface area contributed by atoms with E-state index in [1.165, 1.54) is 23.5 Å². The van der Waals surface area contributed by atoms with Crippen LogP contribution in [-0.2, 0) is 24.3 Å². The molecule has 0 radical (unpaired) electrons. The number of nitrogens with zero attached hydrogens (tertiary/aromatic N) is 1. The molecule has 1 N–H and O–H groups in total. The van der Waals surface area contributed by atoms with Gasteiger partial charge in [0.05, 0.1) is 6.54 Å². The molecule has 1 aromatic heterocycles. The van der Waals surface area contributed by atoms with Crippen molar-refractivity contribution in [2.24, 2.45) is 0 Å². The first-order valence-corrected chi connectivity index (χ1v) is 8.57. The molecule has 0 fully saturated rings. The van der Waals surface area contributed by atoms with E-state index in [0.29, 0.717) is 18.8 Å². The van der Waals surface area contributed by atoms with Crippen molar-refractivity contribution < 1.29 is 13.9 Å². The molecular weight excluding hydrogens is 332 g/mol. The van der Waals surface area contributed by atoms with Crippen LogP contribution in [0.1, 0.15) is 16.9 Å². The average molecular weight is 354 g/mol. The van der Waals surface area contributed by atoms with Crippen LogP contribution >= 0.6 is 0 Å². The summed E-state index contributed by atoms with van der Waals surface area (Å²) in [5.74, 6) is 0.296. The number of ether oxygens (including phenoxy) is 1. The fraction of sp³-hybridized carbons (Fsp3) is 0.300. The van der Waals surface area contributed by atoms with Gasteiger partial charge in [-0.3, -0.25) is 14.5 Å². The SMILES string of the molecule is C=CCNC(=O)COc1coc(CN2CCc3ccccc3C2)cc1=O. The number of carbonyl (C=O) groups excluding carboxylic acids is 1. The second-order valence-electron chi connectivity index (χ2n) is 6.19. The molecule has 0 bridgehead atoms. The zero-order valence-electron chi connectivity index (χ0n) is 14.6. The third kappa shape index (κ3) is 4.61. The maximum Gasteiger partial charge on any atom is 0.258 e. The van der Waals surface area contributed by atoms with Crippen molar-refractivity contribution >= 4 is 5.91 Å². The Balaban J connectivity index is 1.57. The highest BCUT2D eigenvalue weighted by atomic mass is 16.5. The van der Waals surface area contributed by atoms with E-state index in [9.17, 15) is 9.59 Å². The molecule has 0 unspecified atom stereocenters. The van der Waals surface area contributed by atoms with Gasteiger partial charge in [0.15, 0.2) is 6.61 Å². The Morgan fingerprint density at radius 2 is 2.15 bits per heavy atom. The first-order chi connectivity index (χ1) is 12.7. The number of nitrogens with one attached hydrogen (secondary N) is 1. The van der Waals surface area contributed by atoms with Gasteiger partial charge >= 0.3 is 0 Å². The van der Waals surface area contributed by atoms with E-state index in [1.54, 1.807) is 6.08 Å². The van der Waals surface area contributed by atoms with E-state index >= 15 is 0 Å². The number of benzene rings is 1. The maximum atomic E-state index is 12.2.